The second-order valence-electron chi connectivity index (χ2n) is 7.35. The number of methoxy groups -OCH3 is 5. The van der Waals surface area contributed by atoms with Gasteiger partial charge in [0.2, 0.25) is 5.75 Å². The molecule has 0 spiro atoms. The molecule has 6 nitrogen and oxygen atoms in total. The van der Waals surface area contributed by atoms with Gasteiger partial charge in [-0.2, -0.15) is 0 Å². The number of rotatable bonds is 10. The summed E-state index contributed by atoms with van der Waals surface area (Å²) in [6.07, 6.45) is 8.01. The molecule has 0 fully saturated rings. The lowest BCUT2D eigenvalue weighted by molar-refractivity contribution is 0.265. The van der Waals surface area contributed by atoms with Gasteiger partial charge >= 0.3 is 0 Å². The Labute approximate surface area is 200 Å². The fraction of sp³-hybridized carbons (Fsp3) is 0.214. The Morgan fingerprint density at radius 1 is 0.529 bits per heavy atom. The second kappa shape index (κ2) is 11.8. The first-order valence-electron chi connectivity index (χ1n) is 10.7. The largest absolute Gasteiger partial charge is 0.496 e. The van der Waals surface area contributed by atoms with Crippen molar-refractivity contribution in [2.24, 2.45) is 0 Å². The summed E-state index contributed by atoms with van der Waals surface area (Å²) >= 11 is 0. The predicted octanol–water partition coefficient (Wildman–Crippen LogP) is 5.56. The van der Waals surface area contributed by atoms with E-state index < -0.39 is 0 Å². The molecule has 0 radical (unpaired) electrons. The highest BCUT2D eigenvalue weighted by Crippen LogP contribution is 2.38. The number of ether oxygens (including phenoxy) is 5. The summed E-state index contributed by atoms with van der Waals surface area (Å²) in [5, 5.41) is 9.58. The van der Waals surface area contributed by atoms with Gasteiger partial charge in [-0.05, 0) is 46.5 Å². The van der Waals surface area contributed by atoms with E-state index in [1.54, 1.807) is 35.5 Å². The van der Waals surface area contributed by atoms with Crippen LogP contribution in [0.2, 0.25) is 0 Å². The number of hydrogen-bond acceptors (Lipinski definition) is 6. The maximum Gasteiger partial charge on any atom is 0.203 e. The first-order chi connectivity index (χ1) is 16.6. The van der Waals surface area contributed by atoms with Gasteiger partial charge in [0.1, 0.15) is 11.5 Å². The quantitative estimate of drug-likeness (QED) is 0.398. The van der Waals surface area contributed by atoms with Gasteiger partial charge in [0, 0.05) is 0 Å². The van der Waals surface area contributed by atoms with Crippen molar-refractivity contribution in [3.05, 3.63) is 76.3 Å². The molecule has 0 heterocycles. The Morgan fingerprint density at radius 2 is 0.882 bits per heavy atom. The van der Waals surface area contributed by atoms with E-state index in [1.807, 2.05) is 72.8 Å². The lowest BCUT2D eigenvalue weighted by atomic mass is 10.1. The smallest absolute Gasteiger partial charge is 0.203 e. The number of hydrogen-bond donors (Lipinski definition) is 1. The molecule has 0 atom stereocenters. The average Bonchev–Trinajstić information content (AvgIpc) is 2.89. The SMILES string of the molecule is COc1cc(/C=C/c2ccc(/C=C/c3cc(OC)c(OC)c(OC)c3)cc2)cc(OC)c1CO. The van der Waals surface area contributed by atoms with Crippen LogP contribution in [0.25, 0.3) is 24.3 Å². The lowest BCUT2D eigenvalue weighted by Gasteiger charge is -2.12. The fourth-order valence-electron chi connectivity index (χ4n) is 3.56. The highest BCUT2D eigenvalue weighted by Gasteiger charge is 2.12. The molecule has 0 unspecified atom stereocenters. The van der Waals surface area contributed by atoms with Crippen LogP contribution in [-0.2, 0) is 6.61 Å². The first-order valence-corrected chi connectivity index (χ1v) is 10.7. The van der Waals surface area contributed by atoms with Crippen LogP contribution in [0.1, 0.15) is 27.8 Å². The van der Waals surface area contributed by atoms with E-state index in [0.717, 1.165) is 22.3 Å². The zero-order valence-corrected chi connectivity index (χ0v) is 20.1. The van der Waals surface area contributed by atoms with Gasteiger partial charge in [0.25, 0.3) is 0 Å². The Hall–Kier alpha value is -3.90. The molecule has 0 aliphatic rings. The van der Waals surface area contributed by atoms with Crippen LogP contribution in [0.3, 0.4) is 0 Å². The summed E-state index contributed by atoms with van der Waals surface area (Å²) in [6, 6.07) is 15.7. The van der Waals surface area contributed by atoms with Crippen LogP contribution < -0.4 is 23.7 Å². The van der Waals surface area contributed by atoms with E-state index in [-0.39, 0.29) is 6.61 Å². The molecule has 178 valence electrons. The van der Waals surface area contributed by atoms with E-state index in [0.29, 0.717) is 34.3 Å². The van der Waals surface area contributed by atoms with E-state index in [2.05, 4.69) is 0 Å². The van der Waals surface area contributed by atoms with Gasteiger partial charge in [0.05, 0.1) is 47.7 Å². The molecular formula is C28H30O6. The van der Waals surface area contributed by atoms with Crippen molar-refractivity contribution in [3.63, 3.8) is 0 Å². The van der Waals surface area contributed by atoms with Crippen molar-refractivity contribution in [1.29, 1.82) is 0 Å². The molecule has 0 saturated carbocycles. The van der Waals surface area contributed by atoms with Crippen molar-refractivity contribution in [1.82, 2.24) is 0 Å². The molecule has 0 aliphatic heterocycles. The molecule has 6 heteroatoms. The van der Waals surface area contributed by atoms with Gasteiger partial charge in [0.15, 0.2) is 11.5 Å². The molecular weight excluding hydrogens is 432 g/mol. The molecule has 0 bridgehead atoms. The number of aliphatic hydroxyl groups excluding tert-OH is 1. The summed E-state index contributed by atoms with van der Waals surface area (Å²) in [5.74, 6) is 2.98. The third-order valence-corrected chi connectivity index (χ3v) is 5.35. The van der Waals surface area contributed by atoms with E-state index >= 15 is 0 Å². The summed E-state index contributed by atoms with van der Waals surface area (Å²) in [6.45, 7) is -0.151. The normalized spacial score (nSPS) is 11.1. The minimum absolute atomic E-state index is 0.151. The standard InChI is InChI=1S/C28H30O6/c1-30-24-14-21(15-25(31-2)23(24)18-29)12-10-19-6-8-20(9-7-19)11-13-22-16-26(32-3)28(34-5)27(17-22)33-4/h6-17,29H,18H2,1-5H3/b12-10+,13-11+. The Bertz CT molecular complexity index is 1020. The van der Waals surface area contributed by atoms with Crippen LogP contribution in [0.15, 0.2) is 48.5 Å². The van der Waals surface area contributed by atoms with Crippen molar-refractivity contribution in [2.75, 3.05) is 35.5 Å². The number of benzene rings is 3. The summed E-state index contributed by atoms with van der Waals surface area (Å²) in [7, 11) is 7.94. The molecule has 1 N–H and O–H groups in total. The topological polar surface area (TPSA) is 66.4 Å². The molecule has 3 aromatic carbocycles. The molecule has 0 aliphatic carbocycles. The third kappa shape index (κ3) is 5.71. The molecule has 0 aromatic heterocycles. The molecule has 3 aromatic rings. The van der Waals surface area contributed by atoms with Crippen LogP contribution in [0, 0.1) is 0 Å². The lowest BCUT2D eigenvalue weighted by Crippen LogP contribution is -1.97. The van der Waals surface area contributed by atoms with Crippen molar-refractivity contribution in [3.8, 4) is 28.7 Å². The highest BCUT2D eigenvalue weighted by molar-refractivity contribution is 5.75. The Kier molecular flexibility index (Phi) is 8.60. The zero-order chi connectivity index (χ0) is 24.5. The number of aliphatic hydroxyl groups is 1. The maximum atomic E-state index is 9.58. The first kappa shape index (κ1) is 24.7. The third-order valence-electron chi connectivity index (χ3n) is 5.35. The van der Waals surface area contributed by atoms with Gasteiger partial charge in [-0.25, -0.2) is 0 Å². The van der Waals surface area contributed by atoms with Crippen LogP contribution in [0.4, 0.5) is 0 Å². The van der Waals surface area contributed by atoms with Gasteiger partial charge in [-0.3, -0.25) is 0 Å². The molecule has 0 amide bonds. The van der Waals surface area contributed by atoms with Crippen LogP contribution >= 0.6 is 0 Å². The van der Waals surface area contributed by atoms with E-state index in [4.69, 9.17) is 23.7 Å². The molecule has 34 heavy (non-hydrogen) atoms. The maximum absolute atomic E-state index is 9.58. The fourth-order valence-corrected chi connectivity index (χ4v) is 3.56. The van der Waals surface area contributed by atoms with E-state index in [1.165, 1.54) is 0 Å². The van der Waals surface area contributed by atoms with Crippen LogP contribution in [-0.4, -0.2) is 40.7 Å². The Balaban J connectivity index is 1.77. The summed E-state index contributed by atoms with van der Waals surface area (Å²) in [4.78, 5) is 0. The van der Waals surface area contributed by atoms with E-state index in [9.17, 15) is 5.11 Å². The molecule has 3 rings (SSSR count). The molecule has 0 saturated heterocycles. The van der Waals surface area contributed by atoms with Crippen molar-refractivity contribution in [2.45, 2.75) is 6.61 Å². The van der Waals surface area contributed by atoms with Gasteiger partial charge in [-0.1, -0.05) is 48.6 Å². The Morgan fingerprint density at radius 3 is 1.21 bits per heavy atom. The van der Waals surface area contributed by atoms with Crippen molar-refractivity contribution >= 4 is 24.3 Å². The second-order valence-corrected chi connectivity index (χ2v) is 7.35. The summed E-state index contributed by atoms with van der Waals surface area (Å²) in [5.41, 5.74) is 4.59. The van der Waals surface area contributed by atoms with Crippen LogP contribution in [0.5, 0.6) is 28.7 Å². The highest BCUT2D eigenvalue weighted by atomic mass is 16.5. The minimum Gasteiger partial charge on any atom is -0.496 e. The predicted molar refractivity (Wildman–Crippen MR) is 136 cm³/mol. The van der Waals surface area contributed by atoms with Gasteiger partial charge in [-0.15, -0.1) is 0 Å². The van der Waals surface area contributed by atoms with Crippen molar-refractivity contribution < 1.29 is 28.8 Å². The zero-order valence-electron chi connectivity index (χ0n) is 20.1. The monoisotopic (exact) mass is 462 g/mol. The average molecular weight is 463 g/mol. The minimum atomic E-state index is -0.151. The van der Waals surface area contributed by atoms with Gasteiger partial charge < -0.3 is 28.8 Å². The summed E-state index contributed by atoms with van der Waals surface area (Å²) < 4.78 is 27.0.